The lowest BCUT2D eigenvalue weighted by Crippen LogP contribution is -2.22. The third kappa shape index (κ3) is 4.21. The second-order valence-electron chi connectivity index (χ2n) is 5.39. The average molecular weight is 269 g/mol. The van der Waals surface area contributed by atoms with Gasteiger partial charge in [0.15, 0.2) is 0 Å². The monoisotopic (exact) mass is 268 g/mol. The van der Waals surface area contributed by atoms with Crippen molar-refractivity contribution >= 4 is 11.6 Å². The first-order valence-electron chi connectivity index (χ1n) is 6.77. The van der Waals surface area contributed by atoms with Crippen LogP contribution < -0.4 is 0 Å². The van der Waals surface area contributed by atoms with E-state index in [0.717, 1.165) is 37.4 Å². The molecule has 4 heteroatoms. The highest BCUT2D eigenvalue weighted by molar-refractivity contribution is 6.29. The molecule has 18 heavy (non-hydrogen) atoms. The molecule has 0 amide bonds. The molecular weight excluding hydrogens is 248 g/mol. The number of halogens is 1. The van der Waals surface area contributed by atoms with E-state index in [2.05, 4.69) is 23.8 Å². The summed E-state index contributed by atoms with van der Waals surface area (Å²) < 4.78 is 5.72. The van der Waals surface area contributed by atoms with Gasteiger partial charge in [0, 0.05) is 18.7 Å². The molecule has 1 saturated heterocycles. The number of hydrogen-bond donors (Lipinski definition) is 0. The lowest BCUT2D eigenvalue weighted by atomic mass is 10.1. The summed E-state index contributed by atoms with van der Waals surface area (Å²) in [5, 5.41) is 0.548. The first kappa shape index (κ1) is 13.8. The van der Waals surface area contributed by atoms with Crippen molar-refractivity contribution in [2.45, 2.75) is 52.1 Å². The zero-order valence-corrected chi connectivity index (χ0v) is 11.9. The Balaban J connectivity index is 2.04. The quantitative estimate of drug-likeness (QED) is 0.785. The lowest BCUT2D eigenvalue weighted by Gasteiger charge is -2.22. The van der Waals surface area contributed by atoms with Crippen molar-refractivity contribution in [2.75, 3.05) is 6.61 Å². The Kier molecular flexibility index (Phi) is 4.95. The first-order valence-corrected chi connectivity index (χ1v) is 7.15. The van der Waals surface area contributed by atoms with Crippen LogP contribution in [0.3, 0.4) is 0 Å². The fraction of sp³-hybridized carbons (Fsp3) is 0.714. The zero-order chi connectivity index (χ0) is 13.0. The Morgan fingerprint density at radius 2 is 2.22 bits per heavy atom. The Bertz CT molecular complexity index is 389. The van der Waals surface area contributed by atoms with E-state index in [-0.39, 0.29) is 6.10 Å². The van der Waals surface area contributed by atoms with E-state index in [4.69, 9.17) is 16.3 Å². The molecule has 0 bridgehead atoms. The number of nitrogens with zero attached hydrogens (tertiary/aromatic N) is 2. The molecule has 1 aromatic heterocycles. The summed E-state index contributed by atoms with van der Waals surface area (Å²) in [5.74, 6) is 1.40. The Morgan fingerprint density at radius 3 is 2.89 bits per heavy atom. The molecule has 100 valence electrons. The molecule has 0 saturated carbocycles. The van der Waals surface area contributed by atoms with Gasteiger partial charge in [-0.3, -0.25) is 0 Å². The minimum Gasteiger partial charge on any atom is -0.378 e. The van der Waals surface area contributed by atoms with Gasteiger partial charge in [-0.25, -0.2) is 9.97 Å². The summed E-state index contributed by atoms with van der Waals surface area (Å²) in [7, 11) is 0. The van der Waals surface area contributed by atoms with Crippen molar-refractivity contribution < 1.29 is 4.74 Å². The van der Waals surface area contributed by atoms with Gasteiger partial charge in [-0.05, 0) is 37.7 Å². The average Bonchev–Trinajstić information content (AvgIpc) is 2.28. The number of hydrogen-bond acceptors (Lipinski definition) is 3. The molecule has 0 aliphatic carbocycles. The summed E-state index contributed by atoms with van der Waals surface area (Å²) in [4.78, 5) is 8.90. The molecule has 0 spiro atoms. The van der Waals surface area contributed by atoms with Gasteiger partial charge in [0.05, 0.1) is 6.10 Å². The minimum absolute atomic E-state index is 0.268. The second-order valence-corrected chi connectivity index (χ2v) is 5.78. The van der Waals surface area contributed by atoms with Crippen molar-refractivity contribution in [1.82, 2.24) is 9.97 Å². The third-order valence-corrected chi connectivity index (χ3v) is 3.29. The Hall–Kier alpha value is -0.670. The van der Waals surface area contributed by atoms with E-state index < -0.39 is 0 Å². The molecule has 1 aliphatic heterocycles. The van der Waals surface area contributed by atoms with Gasteiger partial charge in [0.25, 0.3) is 0 Å². The van der Waals surface area contributed by atoms with Crippen LogP contribution in [-0.4, -0.2) is 22.7 Å². The van der Waals surface area contributed by atoms with Crippen LogP contribution in [0.1, 0.15) is 44.6 Å². The van der Waals surface area contributed by atoms with E-state index in [0.29, 0.717) is 11.1 Å². The van der Waals surface area contributed by atoms with Crippen LogP contribution in [-0.2, 0) is 17.6 Å². The van der Waals surface area contributed by atoms with Crippen molar-refractivity contribution in [3.63, 3.8) is 0 Å². The predicted octanol–water partition coefficient (Wildman–Crippen LogP) is 3.44. The Morgan fingerprint density at radius 1 is 1.39 bits per heavy atom. The molecule has 1 fully saturated rings. The van der Waals surface area contributed by atoms with E-state index >= 15 is 0 Å². The van der Waals surface area contributed by atoms with E-state index in [1.807, 2.05) is 6.07 Å². The fourth-order valence-corrected chi connectivity index (χ4v) is 2.53. The lowest BCUT2D eigenvalue weighted by molar-refractivity contribution is 0.0156. The maximum Gasteiger partial charge on any atom is 0.133 e. The van der Waals surface area contributed by atoms with Crippen molar-refractivity contribution in [1.29, 1.82) is 0 Å². The molecule has 3 nitrogen and oxygen atoms in total. The van der Waals surface area contributed by atoms with Gasteiger partial charge < -0.3 is 4.74 Å². The summed E-state index contributed by atoms with van der Waals surface area (Å²) in [6.45, 7) is 5.23. The number of rotatable bonds is 4. The van der Waals surface area contributed by atoms with Crippen LogP contribution in [0.4, 0.5) is 0 Å². The van der Waals surface area contributed by atoms with Gasteiger partial charge in [-0.15, -0.1) is 0 Å². The van der Waals surface area contributed by atoms with Gasteiger partial charge in [-0.2, -0.15) is 0 Å². The van der Waals surface area contributed by atoms with E-state index in [1.54, 1.807) is 0 Å². The second kappa shape index (κ2) is 6.48. The zero-order valence-electron chi connectivity index (χ0n) is 11.2. The fourth-order valence-electron chi connectivity index (χ4n) is 2.30. The van der Waals surface area contributed by atoms with Crippen LogP contribution in [0.15, 0.2) is 6.07 Å². The maximum atomic E-state index is 6.06. The predicted molar refractivity (Wildman–Crippen MR) is 72.9 cm³/mol. The van der Waals surface area contributed by atoms with Gasteiger partial charge in [0.2, 0.25) is 0 Å². The highest BCUT2D eigenvalue weighted by atomic mass is 35.5. The SMILES string of the molecule is CC(C)Cc1cc(Cl)nc(CC2CCCCO2)n1. The molecule has 1 aliphatic rings. The van der Waals surface area contributed by atoms with Crippen LogP contribution in [0.2, 0.25) is 5.15 Å². The van der Waals surface area contributed by atoms with Crippen molar-refractivity contribution in [3.05, 3.63) is 22.7 Å². The van der Waals surface area contributed by atoms with Crippen LogP contribution in [0, 0.1) is 5.92 Å². The van der Waals surface area contributed by atoms with E-state index in [9.17, 15) is 0 Å². The molecule has 2 rings (SSSR count). The summed E-state index contributed by atoms with van der Waals surface area (Å²) >= 11 is 6.06. The van der Waals surface area contributed by atoms with Crippen LogP contribution >= 0.6 is 11.6 Å². The van der Waals surface area contributed by atoms with Gasteiger partial charge in [0.1, 0.15) is 11.0 Å². The molecular formula is C14H21ClN2O. The molecule has 0 N–H and O–H groups in total. The smallest absolute Gasteiger partial charge is 0.133 e. The molecule has 0 aromatic carbocycles. The number of aromatic nitrogens is 2. The topological polar surface area (TPSA) is 35.0 Å². The minimum atomic E-state index is 0.268. The third-order valence-electron chi connectivity index (χ3n) is 3.10. The number of ether oxygens (including phenoxy) is 1. The Labute approximate surface area is 114 Å². The molecule has 1 aromatic rings. The highest BCUT2D eigenvalue weighted by Gasteiger charge is 2.16. The van der Waals surface area contributed by atoms with Gasteiger partial charge in [-0.1, -0.05) is 25.4 Å². The molecule has 1 atom stereocenters. The summed E-state index contributed by atoms with van der Waals surface area (Å²) in [5.41, 5.74) is 1.04. The standard InChI is InChI=1S/C14H21ClN2O/c1-10(2)7-11-8-13(15)17-14(16-11)9-12-5-3-4-6-18-12/h8,10,12H,3-7,9H2,1-2H3. The van der Waals surface area contributed by atoms with E-state index in [1.165, 1.54) is 12.8 Å². The largest absolute Gasteiger partial charge is 0.378 e. The highest BCUT2D eigenvalue weighted by Crippen LogP contribution is 2.18. The summed E-state index contributed by atoms with van der Waals surface area (Å²) in [6.07, 6.45) is 5.52. The summed E-state index contributed by atoms with van der Waals surface area (Å²) in [6, 6.07) is 1.87. The first-order chi connectivity index (χ1) is 8.63. The molecule has 2 heterocycles. The molecule has 0 radical (unpaired) electrons. The molecule has 1 unspecified atom stereocenters. The van der Waals surface area contributed by atoms with Crippen LogP contribution in [0.5, 0.6) is 0 Å². The van der Waals surface area contributed by atoms with Crippen molar-refractivity contribution in [3.8, 4) is 0 Å². The van der Waals surface area contributed by atoms with Gasteiger partial charge >= 0.3 is 0 Å². The normalized spacial score (nSPS) is 20.3. The maximum absolute atomic E-state index is 6.06. The van der Waals surface area contributed by atoms with Crippen LogP contribution in [0.25, 0.3) is 0 Å². The van der Waals surface area contributed by atoms with Crippen molar-refractivity contribution in [2.24, 2.45) is 5.92 Å².